The zero-order valence-corrected chi connectivity index (χ0v) is 28.1. The number of aliphatic carboxylic acids is 1. The second-order valence-corrected chi connectivity index (χ2v) is 12.2. The highest BCUT2D eigenvalue weighted by Crippen LogP contribution is 2.36. The molecule has 1 aliphatic heterocycles. The molecular formula is C37H37ClN4O6. The molecule has 4 aromatic rings. The minimum absolute atomic E-state index is 0.0521. The number of morpholine rings is 1. The highest BCUT2D eigenvalue weighted by Gasteiger charge is 2.30. The van der Waals surface area contributed by atoms with Crippen molar-refractivity contribution in [1.29, 1.82) is 5.26 Å². The van der Waals surface area contributed by atoms with Crippen LogP contribution in [0, 0.1) is 25.2 Å². The van der Waals surface area contributed by atoms with Crippen LogP contribution in [0.1, 0.15) is 43.7 Å². The van der Waals surface area contributed by atoms with E-state index in [2.05, 4.69) is 11.1 Å². The summed E-state index contributed by atoms with van der Waals surface area (Å²) in [6.07, 6.45) is 3.10. The van der Waals surface area contributed by atoms with Gasteiger partial charge in [0, 0.05) is 62.3 Å². The second kappa shape index (κ2) is 15.3. The van der Waals surface area contributed by atoms with Crippen molar-refractivity contribution in [1.82, 2.24) is 14.8 Å². The highest BCUT2D eigenvalue weighted by atomic mass is 35.5. The molecule has 5 rings (SSSR count). The Morgan fingerprint density at radius 2 is 1.75 bits per heavy atom. The molecule has 0 aliphatic carbocycles. The van der Waals surface area contributed by atoms with Crippen molar-refractivity contribution in [3.05, 3.63) is 111 Å². The van der Waals surface area contributed by atoms with Gasteiger partial charge in [-0.15, -0.1) is 0 Å². The molecular weight excluding hydrogens is 632 g/mol. The number of rotatable bonds is 11. The van der Waals surface area contributed by atoms with Crippen molar-refractivity contribution >= 4 is 23.5 Å². The first kappa shape index (κ1) is 34.4. The van der Waals surface area contributed by atoms with Crippen molar-refractivity contribution < 1.29 is 28.9 Å². The van der Waals surface area contributed by atoms with Gasteiger partial charge in [-0.3, -0.25) is 19.5 Å². The molecule has 48 heavy (non-hydrogen) atoms. The quantitative estimate of drug-likeness (QED) is 0.204. The first-order valence-electron chi connectivity index (χ1n) is 15.4. The summed E-state index contributed by atoms with van der Waals surface area (Å²) in [6, 6.07) is 18.2. The summed E-state index contributed by atoms with van der Waals surface area (Å²) in [5.74, 6) is -0.151. The average Bonchev–Trinajstić information content (AvgIpc) is 3.08. The molecule has 1 atom stereocenters. The minimum atomic E-state index is -0.966. The molecule has 1 aliphatic rings. The van der Waals surface area contributed by atoms with Gasteiger partial charge in [0.2, 0.25) is 0 Å². The van der Waals surface area contributed by atoms with Crippen molar-refractivity contribution in [3.63, 3.8) is 0 Å². The van der Waals surface area contributed by atoms with E-state index in [4.69, 9.17) is 25.8 Å². The summed E-state index contributed by atoms with van der Waals surface area (Å²) in [5, 5.41) is 19.4. The third kappa shape index (κ3) is 7.77. The second-order valence-electron chi connectivity index (χ2n) is 11.8. The number of carbonyl (C=O) groups excluding carboxylic acids is 1. The summed E-state index contributed by atoms with van der Waals surface area (Å²) in [6.45, 7) is 5.52. The predicted octanol–water partition coefficient (Wildman–Crippen LogP) is 6.04. The third-order valence-corrected chi connectivity index (χ3v) is 8.72. The zero-order chi connectivity index (χ0) is 34.4. The largest absolute Gasteiger partial charge is 0.488 e. The maximum absolute atomic E-state index is 12.8. The van der Waals surface area contributed by atoms with Gasteiger partial charge < -0.3 is 24.2 Å². The third-order valence-electron chi connectivity index (χ3n) is 8.42. The average molecular weight is 669 g/mol. The van der Waals surface area contributed by atoms with Crippen molar-refractivity contribution in [2.24, 2.45) is 0 Å². The number of carboxylic acid groups (broad SMARTS) is 1. The lowest BCUT2D eigenvalue weighted by atomic mass is 9.91. The van der Waals surface area contributed by atoms with E-state index in [9.17, 15) is 20.0 Å². The Hall–Kier alpha value is -4.95. The van der Waals surface area contributed by atoms with Gasteiger partial charge in [-0.25, -0.2) is 0 Å². The number of hydrogen-bond donors (Lipinski definition) is 1. The molecule has 1 N–H and O–H groups in total. The fourth-order valence-corrected chi connectivity index (χ4v) is 5.93. The van der Waals surface area contributed by atoms with E-state index in [1.54, 1.807) is 43.4 Å². The Morgan fingerprint density at radius 1 is 1.02 bits per heavy atom. The molecule has 0 spiro atoms. The topological polar surface area (TPSA) is 125 Å². The Labute approximate surface area is 285 Å². The van der Waals surface area contributed by atoms with Crippen LogP contribution in [-0.4, -0.2) is 71.7 Å². The van der Waals surface area contributed by atoms with Crippen molar-refractivity contribution in [2.45, 2.75) is 39.6 Å². The fourth-order valence-electron chi connectivity index (χ4n) is 5.69. The van der Waals surface area contributed by atoms with Crippen LogP contribution in [0.3, 0.4) is 0 Å². The van der Waals surface area contributed by atoms with Crippen molar-refractivity contribution in [2.75, 3.05) is 33.9 Å². The Balaban J connectivity index is 1.43. The van der Waals surface area contributed by atoms with Gasteiger partial charge in [-0.05, 0) is 59.9 Å². The number of pyridine rings is 1. The molecule has 248 valence electrons. The van der Waals surface area contributed by atoms with E-state index < -0.39 is 12.0 Å². The number of aromatic nitrogens is 1. The zero-order valence-electron chi connectivity index (χ0n) is 27.3. The maximum atomic E-state index is 12.8. The van der Waals surface area contributed by atoms with Gasteiger partial charge in [0.15, 0.2) is 0 Å². The standard InChI is InChI=1S/C37H37ClN4O6/c1-23-27(7-5-8-29(23)30-9-6-10-31(24(30)2)36(43)41(3)4)21-48-35-15-34(47-20-26-13-25(16-39)17-40-18-26)28(14-32(35)38)19-42-11-12-46-22-33(42)37(44)45/h5-10,13-15,17-18,33H,11-12,19-22H2,1-4H3,(H,44,45)/t33-/m0/s1. The Morgan fingerprint density at radius 3 is 2.48 bits per heavy atom. The molecule has 0 bridgehead atoms. The molecule has 0 radical (unpaired) electrons. The molecule has 1 amide bonds. The number of benzene rings is 3. The monoisotopic (exact) mass is 668 g/mol. The van der Waals surface area contributed by atoms with Crippen molar-refractivity contribution in [3.8, 4) is 28.7 Å². The van der Waals surface area contributed by atoms with E-state index >= 15 is 0 Å². The summed E-state index contributed by atoms with van der Waals surface area (Å²) in [4.78, 5) is 32.2. The number of hydrogen-bond acceptors (Lipinski definition) is 8. The Bertz CT molecular complexity index is 1870. The molecule has 0 unspecified atom stereocenters. The number of nitrogens with zero attached hydrogens (tertiary/aromatic N) is 4. The number of ether oxygens (including phenoxy) is 3. The van der Waals surface area contributed by atoms with E-state index in [0.717, 1.165) is 27.8 Å². The van der Waals surface area contributed by atoms with E-state index in [1.165, 1.54) is 6.20 Å². The van der Waals surface area contributed by atoms with Crippen LogP contribution in [0.5, 0.6) is 11.5 Å². The number of halogens is 1. The van der Waals surface area contributed by atoms with Crippen LogP contribution < -0.4 is 9.47 Å². The molecule has 1 aromatic heterocycles. The van der Waals surface area contributed by atoms with Crippen LogP contribution in [0.15, 0.2) is 67.0 Å². The summed E-state index contributed by atoms with van der Waals surface area (Å²) >= 11 is 6.78. The number of nitriles is 1. The van der Waals surface area contributed by atoms with Crippen LogP contribution in [-0.2, 0) is 29.3 Å². The summed E-state index contributed by atoms with van der Waals surface area (Å²) < 4.78 is 18.0. The van der Waals surface area contributed by atoms with Gasteiger partial charge in [0.25, 0.3) is 5.91 Å². The lowest BCUT2D eigenvalue weighted by Gasteiger charge is -2.33. The number of carboxylic acids is 1. The first-order chi connectivity index (χ1) is 23.1. The molecule has 0 saturated carbocycles. The van der Waals surface area contributed by atoms with E-state index in [0.29, 0.717) is 51.9 Å². The highest BCUT2D eigenvalue weighted by molar-refractivity contribution is 6.32. The molecule has 1 fully saturated rings. The number of amides is 1. The van der Waals surface area contributed by atoms with E-state index in [1.807, 2.05) is 55.1 Å². The smallest absolute Gasteiger partial charge is 0.323 e. The molecule has 11 heteroatoms. The SMILES string of the molecule is Cc1c(COc2cc(OCc3cncc(C#N)c3)c(CN3CCOC[C@H]3C(=O)O)cc2Cl)cccc1-c1cccc(C(=O)N(C)C)c1C. The van der Waals surface area contributed by atoms with Gasteiger partial charge in [-0.2, -0.15) is 5.26 Å². The van der Waals surface area contributed by atoms with Crippen LogP contribution in [0.25, 0.3) is 11.1 Å². The van der Waals surface area contributed by atoms with Gasteiger partial charge in [-0.1, -0.05) is 41.9 Å². The summed E-state index contributed by atoms with van der Waals surface area (Å²) in [5.41, 5.74) is 7.28. The first-order valence-corrected chi connectivity index (χ1v) is 15.8. The molecule has 2 heterocycles. The minimum Gasteiger partial charge on any atom is -0.488 e. The molecule has 1 saturated heterocycles. The lowest BCUT2D eigenvalue weighted by molar-refractivity contribution is -0.150. The number of carbonyl (C=O) groups is 2. The van der Waals surface area contributed by atoms with Gasteiger partial charge in [0.1, 0.15) is 36.8 Å². The van der Waals surface area contributed by atoms with Gasteiger partial charge >= 0.3 is 5.97 Å². The van der Waals surface area contributed by atoms with Crippen LogP contribution in [0.4, 0.5) is 0 Å². The fraction of sp³-hybridized carbons (Fsp3) is 0.297. The van der Waals surface area contributed by atoms with E-state index in [-0.39, 0.29) is 32.3 Å². The van der Waals surface area contributed by atoms with Gasteiger partial charge in [0.05, 0.1) is 23.8 Å². The normalized spacial score (nSPS) is 14.6. The lowest BCUT2D eigenvalue weighted by Crippen LogP contribution is -2.49. The van der Waals surface area contributed by atoms with Crippen LogP contribution >= 0.6 is 11.6 Å². The Kier molecular flexibility index (Phi) is 11.0. The van der Waals surface area contributed by atoms with Crippen LogP contribution in [0.2, 0.25) is 5.02 Å². The molecule has 10 nitrogen and oxygen atoms in total. The molecule has 3 aromatic carbocycles. The maximum Gasteiger partial charge on any atom is 0.323 e. The summed E-state index contributed by atoms with van der Waals surface area (Å²) in [7, 11) is 3.48. The predicted molar refractivity (Wildman–Crippen MR) is 181 cm³/mol.